The highest BCUT2D eigenvalue weighted by Crippen LogP contribution is 2.17. The molecular formula is C25H31N5O2. The summed E-state index contributed by atoms with van der Waals surface area (Å²) in [5.74, 6) is 0.898. The van der Waals surface area contributed by atoms with E-state index in [2.05, 4.69) is 34.6 Å². The van der Waals surface area contributed by atoms with Gasteiger partial charge in [-0.2, -0.15) is 5.10 Å². The van der Waals surface area contributed by atoms with Gasteiger partial charge in [0.25, 0.3) is 5.91 Å². The summed E-state index contributed by atoms with van der Waals surface area (Å²) in [6.45, 7) is 9.49. The maximum atomic E-state index is 12.8. The highest BCUT2D eigenvalue weighted by atomic mass is 16.5. The molecule has 2 aromatic carbocycles. The Morgan fingerprint density at radius 1 is 1.12 bits per heavy atom. The minimum atomic E-state index is -0.214. The highest BCUT2D eigenvalue weighted by Gasteiger charge is 2.12. The number of nitrogens with zero attached hydrogens (tertiary/aromatic N) is 3. The van der Waals surface area contributed by atoms with Crippen molar-refractivity contribution in [2.24, 2.45) is 4.99 Å². The van der Waals surface area contributed by atoms with Gasteiger partial charge in [-0.15, -0.1) is 0 Å². The van der Waals surface area contributed by atoms with Crippen LogP contribution in [0.1, 0.15) is 39.8 Å². The van der Waals surface area contributed by atoms with Crippen molar-refractivity contribution in [2.75, 3.05) is 19.0 Å². The zero-order valence-corrected chi connectivity index (χ0v) is 19.4. The molecule has 0 bridgehead atoms. The molecule has 7 heteroatoms. The lowest BCUT2D eigenvalue weighted by Gasteiger charge is -2.13. The number of guanidine groups is 1. The predicted octanol–water partition coefficient (Wildman–Crippen LogP) is 4.28. The second-order valence-electron chi connectivity index (χ2n) is 7.63. The first-order chi connectivity index (χ1) is 15.4. The van der Waals surface area contributed by atoms with Gasteiger partial charge in [-0.3, -0.25) is 19.8 Å². The quantitative estimate of drug-likeness (QED) is 0.431. The third-order valence-corrected chi connectivity index (χ3v) is 5.31. The average Bonchev–Trinajstić information content (AvgIpc) is 3.06. The summed E-state index contributed by atoms with van der Waals surface area (Å²) in [5, 5.41) is 10.7. The molecule has 0 aliphatic rings. The molecule has 1 amide bonds. The monoisotopic (exact) mass is 433 g/mol. The molecule has 3 rings (SSSR count). The van der Waals surface area contributed by atoms with E-state index in [0.717, 1.165) is 41.4 Å². The van der Waals surface area contributed by atoms with E-state index in [4.69, 9.17) is 4.74 Å². The molecule has 2 N–H and O–H groups in total. The van der Waals surface area contributed by atoms with Crippen LogP contribution in [-0.4, -0.2) is 35.3 Å². The zero-order chi connectivity index (χ0) is 23.1. The second-order valence-corrected chi connectivity index (χ2v) is 7.63. The van der Waals surface area contributed by atoms with E-state index in [1.807, 2.05) is 61.0 Å². The number of nitrogens with one attached hydrogen (secondary N) is 2. The molecule has 0 unspecified atom stereocenters. The maximum absolute atomic E-state index is 12.8. The standard InChI is InChI=1S/C25H31N5O2/c1-6-30-19(4)23(18(3)29-30)13-14-26-25(27-21-11-8-12-22(16-21)32-5)28-24(31)20-10-7-9-17(2)15-20/h7-12,15-16H,6,13-14H2,1-5H3,(H2,26,27,28,31). The molecule has 168 valence electrons. The molecular weight excluding hydrogens is 402 g/mol. The van der Waals surface area contributed by atoms with Crippen LogP contribution in [0.5, 0.6) is 5.75 Å². The Morgan fingerprint density at radius 3 is 2.59 bits per heavy atom. The van der Waals surface area contributed by atoms with Gasteiger partial charge in [-0.25, -0.2) is 0 Å². The van der Waals surface area contributed by atoms with Gasteiger partial charge in [0.1, 0.15) is 5.75 Å². The molecule has 0 saturated heterocycles. The summed E-state index contributed by atoms with van der Waals surface area (Å²) in [6, 6.07) is 15.0. The SMILES string of the molecule is CCn1nc(C)c(CCN=C(NC(=O)c2cccc(C)c2)Nc2cccc(OC)c2)c1C. The van der Waals surface area contributed by atoms with Crippen molar-refractivity contribution in [1.82, 2.24) is 15.1 Å². The molecule has 0 radical (unpaired) electrons. The number of amides is 1. The normalized spacial score (nSPS) is 11.3. The van der Waals surface area contributed by atoms with Crippen LogP contribution in [0.15, 0.2) is 53.5 Å². The summed E-state index contributed by atoms with van der Waals surface area (Å²) in [7, 11) is 1.62. The number of carbonyl (C=O) groups is 1. The molecule has 0 aliphatic carbocycles. The fourth-order valence-corrected chi connectivity index (χ4v) is 3.60. The fraction of sp³-hybridized carbons (Fsp3) is 0.320. The van der Waals surface area contributed by atoms with Gasteiger partial charge in [0.2, 0.25) is 5.96 Å². The number of aryl methyl sites for hydroxylation is 3. The van der Waals surface area contributed by atoms with E-state index in [0.29, 0.717) is 18.1 Å². The molecule has 1 heterocycles. The van der Waals surface area contributed by atoms with E-state index in [1.54, 1.807) is 13.2 Å². The van der Waals surface area contributed by atoms with Crippen molar-refractivity contribution >= 4 is 17.6 Å². The van der Waals surface area contributed by atoms with Gasteiger partial charge in [0.15, 0.2) is 0 Å². The van der Waals surface area contributed by atoms with Crippen LogP contribution in [0.3, 0.4) is 0 Å². The number of hydrogen-bond donors (Lipinski definition) is 2. The topological polar surface area (TPSA) is 80.5 Å². The Balaban J connectivity index is 1.80. The average molecular weight is 434 g/mol. The van der Waals surface area contributed by atoms with Crippen LogP contribution in [-0.2, 0) is 13.0 Å². The molecule has 0 spiro atoms. The minimum Gasteiger partial charge on any atom is -0.497 e. The van der Waals surface area contributed by atoms with Crippen molar-refractivity contribution < 1.29 is 9.53 Å². The van der Waals surface area contributed by atoms with E-state index in [-0.39, 0.29) is 5.91 Å². The number of hydrogen-bond acceptors (Lipinski definition) is 4. The number of methoxy groups -OCH3 is 1. The Morgan fingerprint density at radius 2 is 1.91 bits per heavy atom. The van der Waals surface area contributed by atoms with Crippen molar-refractivity contribution in [3.8, 4) is 5.75 Å². The van der Waals surface area contributed by atoms with Crippen molar-refractivity contribution in [3.05, 3.63) is 76.6 Å². The zero-order valence-electron chi connectivity index (χ0n) is 19.4. The lowest BCUT2D eigenvalue weighted by Crippen LogP contribution is -2.36. The van der Waals surface area contributed by atoms with Crippen LogP contribution >= 0.6 is 0 Å². The molecule has 0 saturated carbocycles. The number of ether oxygens (including phenoxy) is 1. The molecule has 7 nitrogen and oxygen atoms in total. The molecule has 0 atom stereocenters. The number of aromatic nitrogens is 2. The highest BCUT2D eigenvalue weighted by molar-refractivity contribution is 6.10. The van der Waals surface area contributed by atoms with Gasteiger partial charge in [0, 0.05) is 36.1 Å². The van der Waals surface area contributed by atoms with E-state index >= 15 is 0 Å². The lowest BCUT2D eigenvalue weighted by atomic mass is 10.1. The Labute approximate surface area is 189 Å². The van der Waals surface area contributed by atoms with Crippen LogP contribution < -0.4 is 15.4 Å². The third kappa shape index (κ3) is 5.75. The Kier molecular flexibility index (Phi) is 7.65. The molecule has 1 aromatic heterocycles. The van der Waals surface area contributed by atoms with E-state index in [1.165, 1.54) is 5.56 Å². The van der Waals surface area contributed by atoms with Crippen molar-refractivity contribution in [2.45, 2.75) is 40.7 Å². The number of benzene rings is 2. The van der Waals surface area contributed by atoms with Crippen LogP contribution in [0.2, 0.25) is 0 Å². The van der Waals surface area contributed by atoms with Gasteiger partial charge < -0.3 is 10.1 Å². The maximum Gasteiger partial charge on any atom is 0.257 e. The van der Waals surface area contributed by atoms with Gasteiger partial charge >= 0.3 is 0 Å². The lowest BCUT2D eigenvalue weighted by molar-refractivity contribution is 0.0977. The van der Waals surface area contributed by atoms with Crippen LogP contribution in [0, 0.1) is 20.8 Å². The van der Waals surface area contributed by atoms with Gasteiger partial charge in [-0.1, -0.05) is 23.8 Å². The number of rotatable bonds is 7. The first-order valence-electron chi connectivity index (χ1n) is 10.8. The molecule has 0 aliphatic heterocycles. The summed E-state index contributed by atoms with van der Waals surface area (Å²) in [5.41, 5.74) is 5.76. The molecule has 3 aromatic rings. The van der Waals surface area contributed by atoms with E-state index < -0.39 is 0 Å². The van der Waals surface area contributed by atoms with E-state index in [9.17, 15) is 4.79 Å². The van der Waals surface area contributed by atoms with Crippen LogP contribution in [0.25, 0.3) is 0 Å². The van der Waals surface area contributed by atoms with Gasteiger partial charge in [-0.05, 0) is 63.9 Å². The Bertz CT molecular complexity index is 1120. The summed E-state index contributed by atoms with van der Waals surface area (Å²) >= 11 is 0. The predicted molar refractivity (Wildman–Crippen MR) is 129 cm³/mol. The third-order valence-electron chi connectivity index (χ3n) is 5.31. The van der Waals surface area contributed by atoms with Crippen LogP contribution in [0.4, 0.5) is 5.69 Å². The Hall–Kier alpha value is -3.61. The van der Waals surface area contributed by atoms with Crippen molar-refractivity contribution in [3.63, 3.8) is 0 Å². The molecule has 0 fully saturated rings. The largest absolute Gasteiger partial charge is 0.497 e. The summed E-state index contributed by atoms with van der Waals surface area (Å²) < 4.78 is 7.31. The first kappa shape index (κ1) is 23.1. The van der Waals surface area contributed by atoms with Gasteiger partial charge in [0.05, 0.1) is 12.8 Å². The smallest absolute Gasteiger partial charge is 0.257 e. The van der Waals surface area contributed by atoms with Crippen molar-refractivity contribution in [1.29, 1.82) is 0 Å². The number of aliphatic imine (C=N–C) groups is 1. The summed E-state index contributed by atoms with van der Waals surface area (Å²) in [6.07, 6.45) is 0.737. The molecule has 32 heavy (non-hydrogen) atoms. The summed E-state index contributed by atoms with van der Waals surface area (Å²) in [4.78, 5) is 17.5. The number of anilines is 1. The second kappa shape index (κ2) is 10.6. The first-order valence-corrected chi connectivity index (χ1v) is 10.8. The minimum absolute atomic E-state index is 0.214. The fourth-order valence-electron chi connectivity index (χ4n) is 3.60. The number of carbonyl (C=O) groups excluding carboxylic acids is 1.